The molecule has 0 fully saturated rings. The van der Waals surface area contributed by atoms with Crippen molar-refractivity contribution in [3.05, 3.63) is 0 Å². The molecule has 17 heavy (non-hydrogen) atoms. The number of hydrogen-bond donors (Lipinski definition) is 2. The molecule has 0 aliphatic carbocycles. The van der Waals surface area contributed by atoms with Crippen LogP contribution in [0.2, 0.25) is 0 Å². The zero-order valence-corrected chi connectivity index (χ0v) is 13.0. The van der Waals surface area contributed by atoms with Gasteiger partial charge in [-0.3, -0.25) is 0 Å². The number of carboxylic acid groups (broad SMARTS) is 1. The van der Waals surface area contributed by atoms with Gasteiger partial charge in [-0.1, -0.05) is 0 Å². The van der Waals surface area contributed by atoms with E-state index in [2.05, 4.69) is 0 Å². The maximum Gasteiger partial charge on any atom is 1.00 e. The van der Waals surface area contributed by atoms with E-state index in [1.54, 1.807) is 0 Å². The van der Waals surface area contributed by atoms with Gasteiger partial charge < -0.3 is 20.5 Å². The summed E-state index contributed by atoms with van der Waals surface area (Å²) in [5.41, 5.74) is 0. The van der Waals surface area contributed by atoms with E-state index < -0.39 is 23.9 Å². The molecule has 0 bridgehead atoms. The zero-order chi connectivity index (χ0) is 12.3. The van der Waals surface area contributed by atoms with Crippen LogP contribution in [0.3, 0.4) is 0 Å². The summed E-state index contributed by atoms with van der Waals surface area (Å²) in [5, 5.41) is 26.1. The van der Waals surface area contributed by atoms with Crippen LogP contribution in [0.25, 0.3) is 0 Å². The Morgan fingerprint density at radius 1 is 1.53 bits per heavy atom. The number of carbonyl (C=O) groups is 2. The standard InChI is InChI=1S/C7H11N3O4S2.Na/c1-9(7(14)10-15-16-10)4(6(12)13)2-3-5(8)11;/h4H,2-3H2,1H3,(H2,8,11)(H,12,13);/q;+1/p-1/t4-;/m1./s1. The van der Waals surface area contributed by atoms with E-state index in [0.29, 0.717) is 0 Å². The Labute approximate surface area is 127 Å². The summed E-state index contributed by atoms with van der Waals surface area (Å²) >= 11 is 0. The van der Waals surface area contributed by atoms with E-state index in [-0.39, 0.29) is 42.4 Å². The van der Waals surface area contributed by atoms with Crippen LogP contribution in [-0.2, 0) is 4.79 Å². The smallest absolute Gasteiger partial charge is 0.862 e. The van der Waals surface area contributed by atoms with Crippen molar-refractivity contribution in [2.24, 2.45) is 0 Å². The maximum atomic E-state index is 11.5. The predicted molar refractivity (Wildman–Crippen MR) is 57.1 cm³/mol. The fraction of sp³-hybridized carbons (Fsp3) is 0.571. The number of amides is 1. The molecule has 0 radical (unpaired) electrons. The first kappa shape index (κ1) is 16.6. The molecule has 0 spiro atoms. The Bertz CT molecular complexity index is 391. The van der Waals surface area contributed by atoms with E-state index in [4.69, 9.17) is 10.5 Å². The van der Waals surface area contributed by atoms with Crippen molar-refractivity contribution in [2.45, 2.75) is 18.9 Å². The van der Waals surface area contributed by atoms with Crippen LogP contribution in [0.1, 0.15) is 12.8 Å². The molecule has 0 saturated heterocycles. The van der Waals surface area contributed by atoms with Crippen molar-refractivity contribution in [1.82, 2.24) is 8.25 Å². The molecule has 7 nitrogen and oxygen atoms in total. The van der Waals surface area contributed by atoms with Gasteiger partial charge in [0.15, 0.2) is 0 Å². The molecular formula is C7H10N3NaO4S2. The number of nitrogens with one attached hydrogen (secondary N) is 1. The summed E-state index contributed by atoms with van der Waals surface area (Å²) in [5.74, 6) is -2.00. The molecule has 1 aromatic rings. The van der Waals surface area contributed by atoms with Crippen LogP contribution in [0.5, 0.6) is 0 Å². The Morgan fingerprint density at radius 2 is 2.06 bits per heavy atom. The molecule has 1 rings (SSSR count). The third-order valence-corrected chi connectivity index (χ3v) is 3.51. The predicted octanol–water partition coefficient (Wildman–Crippen LogP) is -2.91. The summed E-state index contributed by atoms with van der Waals surface area (Å²) in [4.78, 5) is 23.5. The number of likely N-dealkylation sites (N-methyl/N-ethyl adjacent to an activating group) is 1. The maximum absolute atomic E-state index is 11.5. The number of aromatic nitrogens is 1. The molecule has 1 heterocycles. The van der Waals surface area contributed by atoms with E-state index in [1.807, 2.05) is 0 Å². The fourth-order valence-electron chi connectivity index (χ4n) is 1.09. The van der Waals surface area contributed by atoms with Gasteiger partial charge in [-0.15, -0.1) is 3.35 Å². The normalized spacial score (nSPS) is 11.6. The Hall–Kier alpha value is -0.350. The topological polar surface area (TPSA) is 109 Å². The summed E-state index contributed by atoms with van der Waals surface area (Å²) in [6.45, 7) is 0. The summed E-state index contributed by atoms with van der Waals surface area (Å²) in [6, 6.07) is -1.48. The molecule has 0 aromatic carbocycles. The molecule has 10 heteroatoms. The van der Waals surface area contributed by atoms with Gasteiger partial charge >= 0.3 is 41.6 Å². The summed E-state index contributed by atoms with van der Waals surface area (Å²) < 4.78 is 1.33. The van der Waals surface area contributed by atoms with Gasteiger partial charge in [0.2, 0.25) is 0 Å². The number of carbonyl (C=O) groups excluding carboxylic acids is 1. The Balaban J connectivity index is 0.00000256. The van der Waals surface area contributed by atoms with Crippen molar-refractivity contribution in [3.8, 4) is 0 Å². The van der Waals surface area contributed by atoms with Gasteiger partial charge in [0.25, 0.3) is 0 Å². The average molecular weight is 287 g/mol. The van der Waals surface area contributed by atoms with Crippen LogP contribution in [0.4, 0.5) is 4.79 Å². The van der Waals surface area contributed by atoms with E-state index in [9.17, 15) is 14.7 Å². The molecule has 0 aliphatic heterocycles. The molecular weight excluding hydrogens is 277 g/mol. The molecule has 2 N–H and O–H groups in total. The van der Waals surface area contributed by atoms with Crippen LogP contribution in [-0.4, -0.2) is 44.3 Å². The van der Waals surface area contributed by atoms with Crippen molar-refractivity contribution < 1.29 is 49.4 Å². The first-order chi connectivity index (χ1) is 7.43. The largest absolute Gasteiger partial charge is 1.00 e. The zero-order valence-electron chi connectivity index (χ0n) is 9.37. The van der Waals surface area contributed by atoms with E-state index >= 15 is 0 Å². The van der Waals surface area contributed by atoms with Crippen LogP contribution in [0.15, 0.2) is 0 Å². The average Bonchev–Trinajstić information content (AvgIpc) is 2.98. The second-order valence-electron chi connectivity index (χ2n) is 3.12. The number of aliphatic carboxylic acids is 1. The van der Waals surface area contributed by atoms with Gasteiger partial charge in [0.1, 0.15) is 6.04 Å². The molecule has 0 aliphatic rings. The Kier molecular flexibility index (Phi) is 7.02. The van der Waals surface area contributed by atoms with Gasteiger partial charge in [0, 0.05) is 28.1 Å². The Morgan fingerprint density at radius 3 is 2.41 bits per heavy atom. The number of carboxylic acids is 1. The number of hydrogen-bond acceptors (Lipinski definition) is 6. The van der Waals surface area contributed by atoms with E-state index in [0.717, 1.165) is 4.90 Å². The third kappa shape index (κ3) is 5.21. The second kappa shape index (κ2) is 7.17. The van der Waals surface area contributed by atoms with Gasteiger partial charge in [0.05, 0.1) is 0 Å². The first-order valence-electron chi connectivity index (χ1n) is 4.32. The molecule has 1 aromatic heterocycles. The first-order valence-corrected chi connectivity index (χ1v) is 6.38. The minimum absolute atomic E-state index is 0. The quantitative estimate of drug-likeness (QED) is 0.262. The van der Waals surface area contributed by atoms with Crippen LogP contribution >= 0.6 is 21.1 Å². The van der Waals surface area contributed by atoms with Crippen molar-refractivity contribution in [2.75, 3.05) is 7.05 Å². The monoisotopic (exact) mass is 287 g/mol. The minimum Gasteiger partial charge on any atom is -0.862 e. The van der Waals surface area contributed by atoms with Crippen LogP contribution < -0.4 is 34.7 Å². The second-order valence-corrected chi connectivity index (χ2v) is 5.27. The van der Waals surface area contributed by atoms with Crippen LogP contribution in [0, 0.1) is 5.41 Å². The molecule has 1 amide bonds. The van der Waals surface area contributed by atoms with E-state index in [1.165, 1.54) is 31.5 Å². The number of rotatable bonds is 5. The summed E-state index contributed by atoms with van der Waals surface area (Å²) in [7, 11) is 3.81. The fourth-order valence-corrected chi connectivity index (χ4v) is 1.99. The molecule has 90 valence electrons. The van der Waals surface area contributed by atoms with Gasteiger partial charge in [-0.2, -0.15) is 0 Å². The molecule has 1 atom stereocenters. The SMILES string of the molecule is CN(C(=O)n1ss1)[C@H](CCC(=N)[O-])C(=O)O.[Na+]. The molecule has 0 unspecified atom stereocenters. The van der Waals surface area contributed by atoms with Crippen molar-refractivity contribution in [3.63, 3.8) is 0 Å². The van der Waals surface area contributed by atoms with Gasteiger partial charge in [-0.05, 0) is 18.7 Å². The van der Waals surface area contributed by atoms with Crippen molar-refractivity contribution in [1.29, 1.82) is 5.41 Å². The summed E-state index contributed by atoms with van der Waals surface area (Å²) in [6.07, 6.45) is -0.210. The third-order valence-electron chi connectivity index (χ3n) is 2.00. The number of nitrogens with zero attached hydrogens (tertiary/aromatic N) is 2. The van der Waals surface area contributed by atoms with Gasteiger partial charge in [-0.25, -0.2) is 9.59 Å². The van der Waals surface area contributed by atoms with Crippen molar-refractivity contribution >= 4 is 39.0 Å². The molecule has 0 saturated carbocycles. The minimum atomic E-state index is -1.17.